The molecule has 1 aliphatic rings. The van der Waals surface area contributed by atoms with Crippen LogP contribution in [0.3, 0.4) is 0 Å². The van der Waals surface area contributed by atoms with E-state index in [1.807, 2.05) is 18.8 Å². The van der Waals surface area contributed by atoms with Gasteiger partial charge in [0.15, 0.2) is 0 Å². The highest BCUT2D eigenvalue weighted by molar-refractivity contribution is 7.99. The van der Waals surface area contributed by atoms with Crippen LogP contribution >= 0.6 is 11.8 Å². The second kappa shape index (κ2) is 6.60. The lowest BCUT2D eigenvalue weighted by Gasteiger charge is -2.22. The molecule has 1 aliphatic carbocycles. The van der Waals surface area contributed by atoms with E-state index >= 15 is 0 Å². The van der Waals surface area contributed by atoms with Gasteiger partial charge in [0.25, 0.3) is 0 Å². The molecule has 0 spiro atoms. The average molecular weight is 279 g/mol. The third kappa shape index (κ3) is 3.62. The third-order valence-electron chi connectivity index (χ3n) is 3.70. The molecule has 4 heteroatoms. The Morgan fingerprint density at radius 2 is 1.84 bits per heavy atom. The molecule has 0 radical (unpaired) electrons. The summed E-state index contributed by atoms with van der Waals surface area (Å²) in [5.74, 6) is 2.31. The van der Waals surface area contributed by atoms with Crippen molar-refractivity contribution in [2.24, 2.45) is 0 Å². The molecule has 1 saturated carbocycles. The minimum Gasteiger partial charge on any atom is -0.373 e. The van der Waals surface area contributed by atoms with Gasteiger partial charge in [-0.2, -0.15) is 0 Å². The predicted octanol–water partition coefficient (Wildman–Crippen LogP) is 4.37. The number of anilines is 1. The molecule has 0 aliphatic heterocycles. The largest absolute Gasteiger partial charge is 0.373 e. The summed E-state index contributed by atoms with van der Waals surface area (Å²) in [4.78, 5) is 9.39. The molecule has 3 nitrogen and oxygen atoms in total. The Kier molecular flexibility index (Phi) is 5.08. The van der Waals surface area contributed by atoms with Crippen LogP contribution in [0.4, 0.5) is 5.82 Å². The Bertz CT molecular complexity index is 426. The van der Waals surface area contributed by atoms with Crippen LogP contribution < -0.4 is 5.32 Å². The van der Waals surface area contributed by atoms with Gasteiger partial charge in [0.05, 0.1) is 0 Å². The summed E-state index contributed by atoms with van der Waals surface area (Å²) in [6, 6.07) is 0. The van der Waals surface area contributed by atoms with Gasteiger partial charge in [0, 0.05) is 23.8 Å². The summed E-state index contributed by atoms with van der Waals surface area (Å²) in [5.41, 5.74) is 1.20. The first kappa shape index (κ1) is 14.6. The van der Waals surface area contributed by atoms with E-state index in [4.69, 9.17) is 4.98 Å². The van der Waals surface area contributed by atoms with E-state index < -0.39 is 0 Å². The molecule has 0 aromatic carbocycles. The molecular formula is C15H25N3S. The second-order valence-electron chi connectivity index (χ2n) is 5.64. The van der Waals surface area contributed by atoms with Gasteiger partial charge >= 0.3 is 0 Å². The Morgan fingerprint density at radius 1 is 1.16 bits per heavy atom. The fraction of sp³-hybridized carbons (Fsp3) is 0.733. The predicted molar refractivity (Wildman–Crippen MR) is 83.1 cm³/mol. The highest BCUT2D eigenvalue weighted by Crippen LogP contribution is 2.36. The van der Waals surface area contributed by atoms with Crippen molar-refractivity contribution in [3.63, 3.8) is 0 Å². The molecule has 19 heavy (non-hydrogen) atoms. The van der Waals surface area contributed by atoms with Crippen molar-refractivity contribution in [1.82, 2.24) is 9.97 Å². The first-order chi connectivity index (χ1) is 9.11. The Balaban J connectivity index is 2.24. The molecule has 0 unspecified atom stereocenters. The number of nitrogens with zero attached hydrogens (tertiary/aromatic N) is 2. The number of rotatable bonds is 4. The highest BCUT2D eigenvalue weighted by atomic mass is 32.2. The minimum absolute atomic E-state index is 0.374. The molecular weight excluding hydrogens is 254 g/mol. The summed E-state index contributed by atoms with van der Waals surface area (Å²) in [6.07, 6.45) is 6.81. The summed E-state index contributed by atoms with van der Waals surface area (Å²) in [6.45, 7) is 6.43. The van der Waals surface area contributed by atoms with Crippen LogP contribution in [0.15, 0.2) is 5.03 Å². The molecule has 106 valence electrons. The molecule has 1 aromatic heterocycles. The van der Waals surface area contributed by atoms with Crippen LogP contribution in [0, 0.1) is 6.92 Å². The van der Waals surface area contributed by atoms with E-state index in [0.29, 0.717) is 5.92 Å². The van der Waals surface area contributed by atoms with Crippen molar-refractivity contribution >= 4 is 17.6 Å². The lowest BCUT2D eigenvalue weighted by molar-refractivity contribution is 0.515. The molecule has 1 N–H and O–H groups in total. The van der Waals surface area contributed by atoms with Crippen LogP contribution in [-0.4, -0.2) is 22.3 Å². The lowest BCUT2D eigenvalue weighted by Crippen LogP contribution is -2.11. The standard InChI is InChI=1S/C15H25N3S/c1-10(2)13-17-14(16-4)11(3)15(18-13)19-12-8-6-5-7-9-12/h10,12H,5-9H2,1-4H3,(H,16,17,18). The summed E-state index contributed by atoms with van der Waals surface area (Å²) < 4.78 is 0. The van der Waals surface area contributed by atoms with Crippen molar-refractivity contribution in [1.29, 1.82) is 0 Å². The summed E-state index contributed by atoms with van der Waals surface area (Å²) in [7, 11) is 1.94. The zero-order valence-electron chi connectivity index (χ0n) is 12.5. The third-order valence-corrected chi connectivity index (χ3v) is 5.13. The van der Waals surface area contributed by atoms with Gasteiger partial charge in [-0.25, -0.2) is 9.97 Å². The maximum absolute atomic E-state index is 4.79. The SMILES string of the molecule is CNc1nc(C(C)C)nc(SC2CCCCC2)c1C. The van der Waals surface area contributed by atoms with Crippen LogP contribution in [-0.2, 0) is 0 Å². The summed E-state index contributed by atoms with van der Waals surface area (Å²) >= 11 is 1.96. The fourth-order valence-corrected chi connectivity index (χ4v) is 3.77. The Labute approximate surface area is 121 Å². The van der Waals surface area contributed by atoms with E-state index in [2.05, 4.69) is 31.1 Å². The smallest absolute Gasteiger partial charge is 0.134 e. The Morgan fingerprint density at radius 3 is 2.42 bits per heavy atom. The van der Waals surface area contributed by atoms with Gasteiger partial charge in [-0.1, -0.05) is 33.1 Å². The molecule has 1 aromatic rings. The maximum atomic E-state index is 4.79. The van der Waals surface area contributed by atoms with Gasteiger partial charge in [-0.3, -0.25) is 0 Å². The van der Waals surface area contributed by atoms with Gasteiger partial charge in [0.2, 0.25) is 0 Å². The number of aromatic nitrogens is 2. The first-order valence-electron chi connectivity index (χ1n) is 7.34. The van der Waals surface area contributed by atoms with Crippen molar-refractivity contribution in [3.05, 3.63) is 11.4 Å². The van der Waals surface area contributed by atoms with Crippen LogP contribution in [0.2, 0.25) is 0 Å². The molecule has 0 atom stereocenters. The number of hydrogen-bond acceptors (Lipinski definition) is 4. The van der Waals surface area contributed by atoms with Crippen LogP contribution in [0.1, 0.15) is 63.3 Å². The maximum Gasteiger partial charge on any atom is 0.134 e. The van der Waals surface area contributed by atoms with Crippen molar-refractivity contribution < 1.29 is 0 Å². The molecule has 0 saturated heterocycles. The lowest BCUT2D eigenvalue weighted by atomic mass is 10.0. The monoisotopic (exact) mass is 279 g/mol. The molecule has 1 fully saturated rings. The fourth-order valence-electron chi connectivity index (χ4n) is 2.47. The number of nitrogens with one attached hydrogen (secondary N) is 1. The van der Waals surface area contributed by atoms with Gasteiger partial charge in [0.1, 0.15) is 16.7 Å². The van der Waals surface area contributed by atoms with E-state index in [1.165, 1.54) is 42.7 Å². The van der Waals surface area contributed by atoms with Crippen LogP contribution in [0.25, 0.3) is 0 Å². The van der Waals surface area contributed by atoms with E-state index in [-0.39, 0.29) is 0 Å². The molecule has 0 amide bonds. The van der Waals surface area contributed by atoms with Crippen molar-refractivity contribution in [3.8, 4) is 0 Å². The van der Waals surface area contributed by atoms with Gasteiger partial charge in [-0.15, -0.1) is 11.8 Å². The van der Waals surface area contributed by atoms with E-state index in [0.717, 1.165) is 16.9 Å². The molecule has 0 bridgehead atoms. The average Bonchev–Trinajstić information content (AvgIpc) is 2.42. The first-order valence-corrected chi connectivity index (χ1v) is 8.22. The highest BCUT2D eigenvalue weighted by Gasteiger charge is 2.19. The minimum atomic E-state index is 0.374. The van der Waals surface area contributed by atoms with E-state index in [9.17, 15) is 0 Å². The zero-order valence-corrected chi connectivity index (χ0v) is 13.3. The quantitative estimate of drug-likeness (QED) is 0.830. The van der Waals surface area contributed by atoms with Crippen LogP contribution in [0.5, 0.6) is 0 Å². The number of thioether (sulfide) groups is 1. The number of hydrogen-bond donors (Lipinski definition) is 1. The molecule has 2 rings (SSSR count). The normalized spacial score (nSPS) is 16.9. The van der Waals surface area contributed by atoms with E-state index in [1.54, 1.807) is 0 Å². The topological polar surface area (TPSA) is 37.8 Å². The Hall–Kier alpha value is -0.770. The van der Waals surface area contributed by atoms with Gasteiger partial charge in [-0.05, 0) is 19.8 Å². The van der Waals surface area contributed by atoms with Crippen molar-refractivity contribution in [2.45, 2.75) is 69.1 Å². The zero-order chi connectivity index (χ0) is 13.8. The molecule has 1 heterocycles. The van der Waals surface area contributed by atoms with Crippen molar-refractivity contribution in [2.75, 3.05) is 12.4 Å². The van der Waals surface area contributed by atoms with Gasteiger partial charge < -0.3 is 5.32 Å². The summed E-state index contributed by atoms with van der Waals surface area (Å²) in [5, 5.41) is 5.12. The second-order valence-corrected chi connectivity index (χ2v) is 6.93.